The van der Waals surface area contributed by atoms with Gasteiger partial charge in [-0.15, -0.1) is 0 Å². The number of nitrogens with zero attached hydrogens (tertiary/aromatic N) is 1. The Hall–Kier alpha value is -0.985. The molecule has 0 aromatic carbocycles. The van der Waals surface area contributed by atoms with Gasteiger partial charge in [0.1, 0.15) is 5.75 Å². The molecule has 0 fully saturated rings. The minimum Gasteiger partial charge on any atom is -0.506 e. The Morgan fingerprint density at radius 2 is 2.33 bits per heavy atom. The van der Waals surface area contributed by atoms with E-state index in [2.05, 4.69) is 4.98 Å². The van der Waals surface area contributed by atoms with Crippen LogP contribution in [0.1, 0.15) is 0 Å². The monoisotopic (exact) mass is 120 g/mol. The van der Waals surface area contributed by atoms with E-state index in [9.17, 15) is 0 Å². The Labute approximate surface area is 54.8 Å². The Kier molecular flexibility index (Phi) is 1.73. The molecule has 9 heavy (non-hydrogen) atoms. The zero-order valence-corrected chi connectivity index (χ0v) is 5.20. The van der Waals surface area contributed by atoms with E-state index in [4.69, 9.17) is 5.11 Å². The molecule has 0 saturated heterocycles. The second-order valence-electron chi connectivity index (χ2n) is 1.73. The van der Waals surface area contributed by atoms with Crippen molar-refractivity contribution >= 4 is 12.9 Å². The second kappa shape index (κ2) is 2.53. The minimum atomic E-state index is 0.209. The summed E-state index contributed by atoms with van der Waals surface area (Å²) in [6.45, 7) is 1.90. The lowest BCUT2D eigenvalue weighted by Gasteiger charge is -1.92. The lowest BCUT2D eigenvalue weighted by Crippen LogP contribution is -2.13. The van der Waals surface area contributed by atoms with Crippen LogP contribution < -0.4 is 5.59 Å². The summed E-state index contributed by atoms with van der Waals surface area (Å²) in [5.74, 6) is 0.209. The molecule has 0 bridgehead atoms. The van der Waals surface area contributed by atoms with Crippen molar-refractivity contribution in [3.05, 3.63) is 18.3 Å². The van der Waals surface area contributed by atoms with E-state index in [1.807, 2.05) is 14.1 Å². The summed E-state index contributed by atoms with van der Waals surface area (Å²) in [5.41, 5.74) is 0.882. The van der Waals surface area contributed by atoms with Crippen LogP contribution in [0.15, 0.2) is 18.3 Å². The van der Waals surface area contributed by atoms with Crippen molar-refractivity contribution < 1.29 is 5.11 Å². The quantitative estimate of drug-likeness (QED) is 0.535. The van der Waals surface area contributed by atoms with Crippen molar-refractivity contribution in [3.63, 3.8) is 0 Å². The summed E-state index contributed by atoms with van der Waals surface area (Å²) < 4.78 is 0. The highest BCUT2D eigenvalue weighted by atomic mass is 16.3. The minimum absolute atomic E-state index is 0.209. The maximum atomic E-state index is 8.78. The average molecular weight is 120 g/mol. The molecule has 0 aliphatic rings. The second-order valence-corrected chi connectivity index (χ2v) is 1.73. The van der Waals surface area contributed by atoms with Gasteiger partial charge in [-0.2, -0.15) is 0 Å². The van der Waals surface area contributed by atoms with Crippen molar-refractivity contribution in [2.45, 2.75) is 6.82 Å². The number of rotatable bonds is 1. The predicted molar refractivity (Wildman–Crippen MR) is 37.2 cm³/mol. The van der Waals surface area contributed by atoms with E-state index in [0.717, 1.165) is 5.59 Å². The fourth-order valence-electron chi connectivity index (χ4n) is 0.568. The molecule has 1 radical (unpaired) electrons. The maximum absolute atomic E-state index is 8.78. The molecule has 0 aliphatic heterocycles. The third kappa shape index (κ3) is 1.45. The van der Waals surface area contributed by atoms with Crippen molar-refractivity contribution in [1.82, 2.24) is 4.98 Å². The van der Waals surface area contributed by atoms with Gasteiger partial charge in [-0.3, -0.25) is 4.98 Å². The molecule has 0 aliphatic carbocycles. The topological polar surface area (TPSA) is 33.1 Å². The molecule has 1 aromatic heterocycles. The van der Waals surface area contributed by atoms with Gasteiger partial charge in [-0.1, -0.05) is 6.82 Å². The lowest BCUT2D eigenvalue weighted by atomic mass is 9.78. The zero-order chi connectivity index (χ0) is 6.69. The fraction of sp³-hybridized carbons (Fsp3) is 0.167. The molecular formula is C6H7BNO. The Morgan fingerprint density at radius 3 is 2.78 bits per heavy atom. The highest BCUT2D eigenvalue weighted by Crippen LogP contribution is 1.99. The van der Waals surface area contributed by atoms with Gasteiger partial charge >= 0.3 is 0 Å². The van der Waals surface area contributed by atoms with Crippen LogP contribution in [-0.4, -0.2) is 17.4 Å². The fourth-order valence-corrected chi connectivity index (χ4v) is 0.568. The number of pyridine rings is 1. The van der Waals surface area contributed by atoms with Crippen LogP contribution in [0.5, 0.6) is 5.75 Å². The summed E-state index contributed by atoms with van der Waals surface area (Å²) in [4.78, 5) is 3.89. The normalized spacial score (nSPS) is 9.00. The van der Waals surface area contributed by atoms with Gasteiger partial charge in [0, 0.05) is 0 Å². The van der Waals surface area contributed by atoms with Gasteiger partial charge < -0.3 is 5.11 Å². The molecule has 45 valence electrons. The summed E-state index contributed by atoms with van der Waals surface area (Å²) >= 11 is 0. The smallest absolute Gasteiger partial charge is 0.174 e. The summed E-state index contributed by atoms with van der Waals surface area (Å²) in [7, 11) is 1.87. The van der Waals surface area contributed by atoms with Gasteiger partial charge in [0.05, 0.1) is 6.20 Å². The third-order valence-electron chi connectivity index (χ3n) is 1.07. The number of hydrogen-bond donors (Lipinski definition) is 1. The van der Waals surface area contributed by atoms with Crippen molar-refractivity contribution in [2.75, 3.05) is 0 Å². The van der Waals surface area contributed by atoms with E-state index in [0.29, 0.717) is 0 Å². The van der Waals surface area contributed by atoms with Crippen LogP contribution in [0.2, 0.25) is 6.82 Å². The summed E-state index contributed by atoms with van der Waals surface area (Å²) in [6.07, 6.45) is 1.43. The van der Waals surface area contributed by atoms with Crippen LogP contribution in [-0.2, 0) is 0 Å². The highest BCUT2D eigenvalue weighted by molar-refractivity contribution is 6.50. The van der Waals surface area contributed by atoms with E-state index < -0.39 is 0 Å². The molecule has 1 rings (SSSR count). The average Bonchev–Trinajstić information content (AvgIpc) is 1.90. The molecule has 0 atom stereocenters. The van der Waals surface area contributed by atoms with Crippen LogP contribution >= 0.6 is 0 Å². The molecular weight excluding hydrogens is 113 g/mol. The zero-order valence-electron chi connectivity index (χ0n) is 5.20. The van der Waals surface area contributed by atoms with Gasteiger partial charge in [0.25, 0.3) is 0 Å². The summed E-state index contributed by atoms with van der Waals surface area (Å²) in [5, 5.41) is 8.78. The maximum Gasteiger partial charge on any atom is 0.174 e. The predicted octanol–water partition coefficient (Wildman–Crippen LogP) is 0.165. The van der Waals surface area contributed by atoms with Crippen LogP contribution in [0.4, 0.5) is 0 Å². The van der Waals surface area contributed by atoms with Crippen molar-refractivity contribution in [3.8, 4) is 5.75 Å². The third-order valence-corrected chi connectivity index (χ3v) is 1.07. The van der Waals surface area contributed by atoms with Gasteiger partial charge in [0.2, 0.25) is 0 Å². The molecule has 3 heteroatoms. The van der Waals surface area contributed by atoms with Gasteiger partial charge in [-0.25, -0.2) is 0 Å². The standard InChI is InChI=1S/C6H7BNO/c1-7-6-3-2-5(9)4-8-6/h2-4,9H,1H3. The molecule has 0 saturated carbocycles. The molecule has 1 N–H and O–H groups in total. The van der Waals surface area contributed by atoms with Gasteiger partial charge in [0.15, 0.2) is 7.28 Å². The largest absolute Gasteiger partial charge is 0.506 e. The molecule has 0 amide bonds. The molecule has 0 unspecified atom stereocenters. The molecule has 1 heterocycles. The number of hydrogen-bond acceptors (Lipinski definition) is 2. The van der Waals surface area contributed by atoms with Gasteiger partial charge in [-0.05, 0) is 17.7 Å². The number of aromatic hydroxyl groups is 1. The van der Waals surface area contributed by atoms with E-state index >= 15 is 0 Å². The SMILES string of the molecule is C[B]c1ccc(O)cn1. The first-order valence-electron chi connectivity index (χ1n) is 2.77. The molecule has 0 spiro atoms. The van der Waals surface area contributed by atoms with Crippen LogP contribution in [0.25, 0.3) is 0 Å². The molecule has 2 nitrogen and oxygen atoms in total. The van der Waals surface area contributed by atoms with Crippen molar-refractivity contribution in [2.24, 2.45) is 0 Å². The lowest BCUT2D eigenvalue weighted by molar-refractivity contribution is 0.473. The Bertz CT molecular complexity index is 185. The first-order valence-corrected chi connectivity index (χ1v) is 2.77. The van der Waals surface area contributed by atoms with E-state index in [1.54, 1.807) is 12.1 Å². The first-order chi connectivity index (χ1) is 4.33. The highest BCUT2D eigenvalue weighted by Gasteiger charge is 1.89. The molecule has 1 aromatic rings. The van der Waals surface area contributed by atoms with Crippen LogP contribution in [0.3, 0.4) is 0 Å². The summed E-state index contributed by atoms with van der Waals surface area (Å²) in [6, 6.07) is 3.37. The van der Waals surface area contributed by atoms with Crippen molar-refractivity contribution in [1.29, 1.82) is 0 Å². The Balaban J connectivity index is 2.88. The van der Waals surface area contributed by atoms with Crippen LogP contribution in [0, 0.1) is 0 Å². The first kappa shape index (κ1) is 6.14. The van der Waals surface area contributed by atoms with E-state index in [1.165, 1.54) is 6.20 Å². The Morgan fingerprint density at radius 1 is 1.56 bits per heavy atom. The number of aromatic nitrogens is 1. The van der Waals surface area contributed by atoms with E-state index in [-0.39, 0.29) is 5.75 Å².